The van der Waals surface area contributed by atoms with Crippen molar-refractivity contribution in [2.45, 2.75) is 117 Å². The number of hydrogen-bond acceptors (Lipinski definition) is 2. The third-order valence-corrected chi connectivity index (χ3v) is 6.26. The fraction of sp³-hybridized carbons (Fsp3) is 0.600. The first-order chi connectivity index (χ1) is 17.3. The summed E-state index contributed by atoms with van der Waals surface area (Å²) in [7, 11) is -4.64. The van der Waals surface area contributed by atoms with E-state index < -0.39 is 7.82 Å². The van der Waals surface area contributed by atoms with Gasteiger partial charge in [-0.1, -0.05) is 127 Å². The van der Waals surface area contributed by atoms with Gasteiger partial charge in [-0.05, 0) is 48.9 Å². The van der Waals surface area contributed by atoms with E-state index in [2.05, 4.69) is 62.4 Å². The van der Waals surface area contributed by atoms with Crippen molar-refractivity contribution < 1.29 is 55.0 Å². The summed E-state index contributed by atoms with van der Waals surface area (Å²) in [5, 5.41) is 0. The summed E-state index contributed by atoms with van der Waals surface area (Å²) >= 11 is 0. The molecule has 0 aliphatic carbocycles. The molecule has 0 aliphatic heterocycles. The van der Waals surface area contributed by atoms with Crippen LogP contribution in [0.2, 0.25) is 0 Å². The Balaban J connectivity index is 0. The van der Waals surface area contributed by atoms with Gasteiger partial charge in [-0.15, -0.1) is 0 Å². The zero-order valence-corrected chi connectivity index (χ0v) is 26.4. The molecule has 0 amide bonds. The van der Waals surface area contributed by atoms with Gasteiger partial charge in [0.05, 0.1) is 0 Å². The number of benzene rings is 2. The van der Waals surface area contributed by atoms with Crippen molar-refractivity contribution in [2.75, 3.05) is 0 Å². The first-order valence-corrected chi connectivity index (χ1v) is 15.5. The van der Waals surface area contributed by atoms with Gasteiger partial charge in [0.1, 0.15) is 11.5 Å². The Hall–Kier alpha value is -0.650. The zero-order valence-electron chi connectivity index (χ0n) is 24.5. The van der Waals surface area contributed by atoms with Gasteiger partial charge in [0.25, 0.3) is 0 Å². The minimum atomic E-state index is -4.64. The summed E-state index contributed by atoms with van der Waals surface area (Å²) < 4.78 is 15.3. The number of hydrogen-bond donors (Lipinski definition) is 3. The van der Waals surface area contributed by atoms with E-state index in [0.29, 0.717) is 0 Å². The molecule has 0 radical (unpaired) electrons. The van der Waals surface area contributed by atoms with Gasteiger partial charge in [0, 0.05) is 0 Å². The molecule has 37 heavy (non-hydrogen) atoms. The van der Waals surface area contributed by atoms with Crippen LogP contribution in [0.25, 0.3) is 0 Å². The predicted octanol–water partition coefficient (Wildman–Crippen LogP) is 6.25. The summed E-state index contributed by atoms with van der Waals surface area (Å²) in [6, 6.07) is 17.3. The normalized spacial score (nSPS) is 10.8. The Bertz CT molecular complexity index is 794. The van der Waals surface area contributed by atoms with Crippen LogP contribution in [0.4, 0.5) is 0 Å². The van der Waals surface area contributed by atoms with Crippen molar-refractivity contribution in [3.05, 3.63) is 59.7 Å². The quantitative estimate of drug-likeness (QED) is 0.117. The van der Waals surface area contributed by atoms with E-state index in [0.717, 1.165) is 24.3 Å². The van der Waals surface area contributed by atoms with Crippen molar-refractivity contribution in [1.29, 1.82) is 0 Å². The van der Waals surface area contributed by atoms with Crippen LogP contribution in [0, 0.1) is 0 Å². The molecule has 0 fully saturated rings. The fourth-order valence-corrected chi connectivity index (χ4v) is 4.28. The molecule has 0 unspecified atom stereocenters. The molecule has 0 atom stereocenters. The second-order valence-corrected chi connectivity index (χ2v) is 10.6. The molecular weight excluding hydrogens is 494 g/mol. The van der Waals surface area contributed by atoms with Crippen molar-refractivity contribution in [3.63, 3.8) is 0 Å². The minimum absolute atomic E-state index is 0. The Kier molecular flexibility index (Phi) is 22.8. The second-order valence-electron chi connectivity index (χ2n) is 9.57. The van der Waals surface area contributed by atoms with Crippen molar-refractivity contribution >= 4 is 7.82 Å². The smallest absolute Gasteiger partial charge is 1.00 e. The average molecular weight is 545 g/mol. The maximum absolute atomic E-state index is 8.88. The van der Waals surface area contributed by atoms with Crippen LogP contribution in [0.5, 0.6) is 11.5 Å². The number of aryl methyl sites for hydroxylation is 2. The molecule has 0 saturated heterocycles. The first kappa shape index (κ1) is 36.4. The maximum atomic E-state index is 8.88. The molecule has 7 heteroatoms. The molecule has 2 aromatic carbocycles. The van der Waals surface area contributed by atoms with Gasteiger partial charge in [-0.3, -0.25) is 0 Å². The van der Waals surface area contributed by atoms with Gasteiger partial charge in [-0.25, -0.2) is 4.57 Å². The summed E-state index contributed by atoms with van der Waals surface area (Å²) in [6.07, 6.45) is 21.1. The van der Waals surface area contributed by atoms with Gasteiger partial charge in [0.2, 0.25) is 0 Å². The van der Waals surface area contributed by atoms with E-state index in [1.54, 1.807) is 0 Å². The number of rotatable bonds is 18. The second kappa shape index (κ2) is 23.3. The van der Waals surface area contributed by atoms with Crippen molar-refractivity contribution in [2.24, 2.45) is 0 Å². The summed E-state index contributed by atoms with van der Waals surface area (Å²) in [4.78, 5) is 21.6. The zero-order chi connectivity index (χ0) is 26.5. The molecule has 5 nitrogen and oxygen atoms in total. The Morgan fingerprint density at radius 2 is 0.892 bits per heavy atom. The van der Waals surface area contributed by atoms with Crippen LogP contribution in [-0.2, 0) is 17.4 Å². The third-order valence-electron chi connectivity index (χ3n) is 6.26. The fourth-order valence-electron chi connectivity index (χ4n) is 4.28. The number of ether oxygens (including phenoxy) is 1. The minimum Gasteiger partial charge on any atom is -1.00 e. The summed E-state index contributed by atoms with van der Waals surface area (Å²) in [6.45, 7) is 4.56. The summed E-state index contributed by atoms with van der Waals surface area (Å²) in [5.74, 6) is 2.08. The van der Waals surface area contributed by atoms with Gasteiger partial charge >= 0.3 is 37.4 Å². The largest absolute Gasteiger partial charge is 1.00 e. The van der Waals surface area contributed by atoms with Gasteiger partial charge in [0.15, 0.2) is 0 Å². The molecule has 0 saturated carbocycles. The Morgan fingerprint density at radius 3 is 1.24 bits per heavy atom. The van der Waals surface area contributed by atoms with Gasteiger partial charge < -0.3 is 20.8 Å². The van der Waals surface area contributed by atoms with Crippen LogP contribution in [0.3, 0.4) is 0 Å². The van der Waals surface area contributed by atoms with E-state index in [4.69, 9.17) is 24.0 Å². The monoisotopic (exact) mass is 544 g/mol. The Morgan fingerprint density at radius 1 is 0.595 bits per heavy atom. The molecule has 206 valence electrons. The first-order valence-electron chi connectivity index (χ1n) is 14.0. The standard InChI is InChI=1S/C30H46O.Na.H3O4P.H/c1-3-5-7-9-11-13-15-21-27-23-17-19-25-29(27)31-30-26-20-18-24-28(30)22-16-14-12-10-8-6-4-2;;1-5(2,3)4;/h17-20,23-26H,3-16,21-22H2,1-2H3;;(H3,1,2,3,4);/q;+1;;-1. The van der Waals surface area contributed by atoms with Crippen LogP contribution in [-0.4, -0.2) is 14.7 Å². The van der Waals surface area contributed by atoms with Crippen LogP contribution >= 0.6 is 7.82 Å². The van der Waals surface area contributed by atoms with Crippen LogP contribution < -0.4 is 34.3 Å². The predicted molar refractivity (Wildman–Crippen MR) is 152 cm³/mol. The SMILES string of the molecule is CCCCCCCCCc1ccccc1Oc1ccccc1CCCCCCCCC.O=P(O)(O)O.[H-].[Na+]. The van der Waals surface area contributed by atoms with E-state index in [9.17, 15) is 0 Å². The molecule has 0 aromatic heterocycles. The van der Waals surface area contributed by atoms with Crippen molar-refractivity contribution in [3.8, 4) is 11.5 Å². The van der Waals surface area contributed by atoms with E-state index in [-0.39, 0.29) is 31.0 Å². The third kappa shape index (κ3) is 20.9. The maximum Gasteiger partial charge on any atom is 1.00 e. The summed E-state index contributed by atoms with van der Waals surface area (Å²) in [5.41, 5.74) is 2.70. The van der Waals surface area contributed by atoms with Crippen LogP contribution in [0.15, 0.2) is 48.5 Å². The molecule has 0 spiro atoms. The molecule has 2 aromatic rings. The topological polar surface area (TPSA) is 87.0 Å². The van der Waals surface area contributed by atoms with Crippen LogP contribution in [0.1, 0.15) is 116 Å². The van der Waals surface area contributed by atoms with E-state index in [1.165, 1.54) is 101 Å². The average Bonchev–Trinajstić information content (AvgIpc) is 2.84. The van der Waals surface area contributed by atoms with E-state index in [1.807, 2.05) is 0 Å². The molecule has 0 aliphatic rings. The molecule has 0 bridgehead atoms. The van der Waals surface area contributed by atoms with E-state index >= 15 is 0 Å². The van der Waals surface area contributed by atoms with Gasteiger partial charge in [-0.2, -0.15) is 0 Å². The molecular formula is C30H50NaO5P. The van der Waals surface area contributed by atoms with Crippen molar-refractivity contribution in [1.82, 2.24) is 0 Å². The Labute approximate surface area is 249 Å². The molecule has 2 rings (SSSR count). The molecule has 0 heterocycles. The number of phosphoric acid groups is 1. The molecule has 3 N–H and O–H groups in total. The number of para-hydroxylation sites is 2. The number of unbranched alkanes of at least 4 members (excludes halogenated alkanes) is 12.